The Labute approximate surface area is 156 Å². The predicted molar refractivity (Wildman–Crippen MR) is 101 cm³/mol. The third-order valence-corrected chi connectivity index (χ3v) is 5.32. The van der Waals surface area contributed by atoms with Crippen LogP contribution in [0.3, 0.4) is 0 Å². The van der Waals surface area contributed by atoms with Crippen LogP contribution in [0.25, 0.3) is 0 Å². The summed E-state index contributed by atoms with van der Waals surface area (Å²) in [5, 5.41) is 3.40. The molecule has 4 rings (SSSR count). The van der Waals surface area contributed by atoms with Crippen molar-refractivity contribution in [2.24, 2.45) is 0 Å². The molecule has 2 aliphatic rings. The Morgan fingerprint density at radius 1 is 1.31 bits per heavy atom. The first kappa shape index (κ1) is 16.9. The Morgan fingerprint density at radius 2 is 2.12 bits per heavy atom. The summed E-state index contributed by atoms with van der Waals surface area (Å²) >= 11 is 6.03. The summed E-state index contributed by atoms with van der Waals surface area (Å²) < 4.78 is 5.26. The Morgan fingerprint density at radius 3 is 2.88 bits per heavy atom. The first-order valence-electron chi connectivity index (χ1n) is 8.62. The number of rotatable bonds is 3. The summed E-state index contributed by atoms with van der Waals surface area (Å²) in [6, 6.07) is 8.80. The normalized spacial score (nSPS) is 17.9. The van der Waals surface area contributed by atoms with Gasteiger partial charge in [-0.15, -0.1) is 0 Å². The molecule has 134 valence electrons. The summed E-state index contributed by atoms with van der Waals surface area (Å²) in [7, 11) is 1.52. The number of benzene rings is 2. The summed E-state index contributed by atoms with van der Waals surface area (Å²) in [4.78, 5) is 27.1. The van der Waals surface area contributed by atoms with Crippen molar-refractivity contribution in [2.45, 2.75) is 25.7 Å². The van der Waals surface area contributed by atoms with E-state index >= 15 is 0 Å². The minimum Gasteiger partial charge on any atom is -0.496 e. The van der Waals surface area contributed by atoms with Gasteiger partial charge in [0.05, 0.1) is 24.3 Å². The molecule has 0 fully saturated rings. The van der Waals surface area contributed by atoms with Crippen LogP contribution >= 0.6 is 11.6 Å². The largest absolute Gasteiger partial charge is 0.496 e. The Kier molecular flexibility index (Phi) is 4.11. The van der Waals surface area contributed by atoms with Gasteiger partial charge in [0.25, 0.3) is 5.91 Å². The SMILES string of the molecule is COc1ccc(Cl)cc1C(=O)Nc1cc2c3c(c1)[C@@H](C)C(=O)N3CCC2. The Bertz CT molecular complexity index is 926. The van der Waals surface area contributed by atoms with Gasteiger partial charge in [-0.25, -0.2) is 0 Å². The number of carbonyl (C=O) groups is 2. The second kappa shape index (κ2) is 6.32. The number of nitrogens with zero attached hydrogens (tertiary/aromatic N) is 1. The number of carbonyl (C=O) groups excluding carboxylic acids is 2. The fourth-order valence-electron chi connectivity index (χ4n) is 3.82. The van der Waals surface area contributed by atoms with E-state index in [1.165, 1.54) is 7.11 Å². The van der Waals surface area contributed by atoms with E-state index in [-0.39, 0.29) is 17.7 Å². The number of hydrogen-bond donors (Lipinski definition) is 1. The van der Waals surface area contributed by atoms with Gasteiger partial charge in [0.2, 0.25) is 5.91 Å². The average Bonchev–Trinajstić information content (AvgIpc) is 2.88. The third kappa shape index (κ3) is 2.63. The van der Waals surface area contributed by atoms with E-state index in [9.17, 15) is 9.59 Å². The molecule has 2 aliphatic heterocycles. The highest BCUT2D eigenvalue weighted by molar-refractivity contribution is 6.31. The number of halogens is 1. The monoisotopic (exact) mass is 370 g/mol. The zero-order chi connectivity index (χ0) is 18.4. The molecule has 0 radical (unpaired) electrons. The van der Waals surface area contributed by atoms with Crippen molar-refractivity contribution >= 4 is 34.8 Å². The fraction of sp³-hybridized carbons (Fsp3) is 0.300. The molecule has 2 aromatic carbocycles. The van der Waals surface area contributed by atoms with Crippen LogP contribution < -0.4 is 15.0 Å². The lowest BCUT2D eigenvalue weighted by molar-refractivity contribution is -0.119. The lowest BCUT2D eigenvalue weighted by Crippen LogP contribution is -2.32. The molecule has 0 aliphatic carbocycles. The van der Waals surface area contributed by atoms with Crippen LogP contribution in [-0.4, -0.2) is 25.5 Å². The molecule has 0 bridgehead atoms. The fourth-order valence-corrected chi connectivity index (χ4v) is 4.00. The summed E-state index contributed by atoms with van der Waals surface area (Å²) in [6.45, 7) is 2.69. The van der Waals surface area contributed by atoms with Gasteiger partial charge in [0.15, 0.2) is 0 Å². The zero-order valence-electron chi connectivity index (χ0n) is 14.6. The number of nitrogens with one attached hydrogen (secondary N) is 1. The number of anilines is 2. The van der Waals surface area contributed by atoms with Crippen LogP contribution in [0.15, 0.2) is 30.3 Å². The maximum Gasteiger partial charge on any atom is 0.259 e. The second-order valence-corrected chi connectivity index (χ2v) is 7.12. The predicted octanol–water partition coefficient (Wildman–Crippen LogP) is 4.00. The van der Waals surface area contributed by atoms with Gasteiger partial charge < -0.3 is 15.0 Å². The van der Waals surface area contributed by atoms with Crippen molar-refractivity contribution in [2.75, 3.05) is 23.9 Å². The van der Waals surface area contributed by atoms with Gasteiger partial charge in [-0.05, 0) is 61.2 Å². The van der Waals surface area contributed by atoms with E-state index in [0.717, 1.165) is 36.2 Å². The van der Waals surface area contributed by atoms with Crippen molar-refractivity contribution < 1.29 is 14.3 Å². The maximum atomic E-state index is 12.7. The van der Waals surface area contributed by atoms with Crippen molar-refractivity contribution in [3.05, 3.63) is 52.0 Å². The lowest BCUT2D eigenvalue weighted by atomic mass is 9.96. The van der Waals surface area contributed by atoms with Crippen molar-refractivity contribution in [1.82, 2.24) is 0 Å². The molecule has 2 aromatic rings. The van der Waals surface area contributed by atoms with Gasteiger partial charge in [-0.3, -0.25) is 9.59 Å². The van der Waals surface area contributed by atoms with Crippen molar-refractivity contribution in [1.29, 1.82) is 0 Å². The molecule has 0 aromatic heterocycles. The first-order valence-corrected chi connectivity index (χ1v) is 9.00. The molecule has 2 amide bonds. The van der Waals surface area contributed by atoms with Gasteiger partial charge in [0.1, 0.15) is 5.75 Å². The van der Waals surface area contributed by atoms with Gasteiger partial charge in [0, 0.05) is 17.3 Å². The van der Waals surface area contributed by atoms with Gasteiger partial charge in [-0.1, -0.05) is 11.6 Å². The van der Waals surface area contributed by atoms with Crippen LogP contribution in [0.5, 0.6) is 5.75 Å². The highest BCUT2D eigenvalue weighted by Gasteiger charge is 2.38. The Balaban J connectivity index is 1.70. The minimum atomic E-state index is -0.291. The highest BCUT2D eigenvalue weighted by Crippen LogP contribution is 2.44. The van der Waals surface area contributed by atoms with E-state index in [0.29, 0.717) is 22.0 Å². The van der Waals surface area contributed by atoms with Crippen molar-refractivity contribution in [3.63, 3.8) is 0 Å². The van der Waals surface area contributed by atoms with E-state index in [1.54, 1.807) is 18.2 Å². The third-order valence-electron chi connectivity index (χ3n) is 5.08. The molecule has 5 nitrogen and oxygen atoms in total. The van der Waals surface area contributed by atoms with Crippen LogP contribution in [-0.2, 0) is 11.2 Å². The summed E-state index contributed by atoms with van der Waals surface area (Å²) in [5.74, 6) is 0.130. The smallest absolute Gasteiger partial charge is 0.259 e. The molecule has 1 atom stereocenters. The topological polar surface area (TPSA) is 58.6 Å². The van der Waals surface area contributed by atoms with E-state index in [1.807, 2.05) is 24.0 Å². The van der Waals surface area contributed by atoms with Gasteiger partial charge >= 0.3 is 0 Å². The van der Waals surface area contributed by atoms with E-state index in [4.69, 9.17) is 16.3 Å². The van der Waals surface area contributed by atoms with Crippen LogP contribution in [0.4, 0.5) is 11.4 Å². The summed E-state index contributed by atoms with van der Waals surface area (Å²) in [6.07, 6.45) is 1.84. The quantitative estimate of drug-likeness (QED) is 0.888. The molecular formula is C20H19ClN2O3. The van der Waals surface area contributed by atoms with Crippen LogP contribution in [0.2, 0.25) is 5.02 Å². The number of ether oxygens (including phenoxy) is 1. The second-order valence-electron chi connectivity index (χ2n) is 6.69. The van der Waals surface area contributed by atoms with Crippen LogP contribution in [0.1, 0.15) is 40.7 Å². The minimum absolute atomic E-state index is 0.140. The molecule has 1 N–H and O–H groups in total. The maximum absolute atomic E-state index is 12.7. The highest BCUT2D eigenvalue weighted by atomic mass is 35.5. The van der Waals surface area contributed by atoms with Crippen molar-refractivity contribution in [3.8, 4) is 5.75 Å². The first-order chi connectivity index (χ1) is 12.5. The molecule has 0 saturated heterocycles. The number of methoxy groups -OCH3 is 1. The van der Waals surface area contributed by atoms with E-state index < -0.39 is 0 Å². The molecule has 0 saturated carbocycles. The number of amides is 2. The molecule has 0 spiro atoms. The number of hydrogen-bond acceptors (Lipinski definition) is 3. The molecule has 6 heteroatoms. The zero-order valence-corrected chi connectivity index (χ0v) is 15.4. The summed E-state index contributed by atoms with van der Waals surface area (Å²) in [5.41, 5.74) is 4.20. The standard InChI is InChI=1S/C20H19ClN2O3/c1-11-15-10-14(8-12-4-3-7-23(18(12)15)20(11)25)22-19(24)16-9-13(21)5-6-17(16)26-2/h5-6,8-11H,3-4,7H2,1-2H3,(H,22,24)/t11-/m1/s1. The molecule has 26 heavy (non-hydrogen) atoms. The van der Waals surface area contributed by atoms with Crippen LogP contribution in [0, 0.1) is 0 Å². The lowest BCUT2D eigenvalue weighted by Gasteiger charge is -2.26. The van der Waals surface area contributed by atoms with Gasteiger partial charge in [-0.2, -0.15) is 0 Å². The molecule has 2 heterocycles. The average molecular weight is 371 g/mol. The Hall–Kier alpha value is -2.53. The molecule has 0 unspecified atom stereocenters. The molecular weight excluding hydrogens is 352 g/mol. The van der Waals surface area contributed by atoms with E-state index in [2.05, 4.69) is 5.32 Å². The number of aryl methyl sites for hydroxylation is 1.